The highest BCUT2D eigenvalue weighted by molar-refractivity contribution is 8.16. The number of amidine groups is 1. The van der Waals surface area contributed by atoms with Gasteiger partial charge in [0.25, 0.3) is 5.69 Å². The van der Waals surface area contributed by atoms with Crippen LogP contribution in [-0.2, 0) is 9.59 Å². The minimum Gasteiger partial charge on any atom is -0.508 e. The number of hydrogen-bond donors (Lipinski definition) is 2. The molecule has 2 N–H and O–H groups in total. The third kappa shape index (κ3) is 4.76. The number of anilines is 1. The summed E-state index contributed by atoms with van der Waals surface area (Å²) in [5, 5.41) is 36.4. The van der Waals surface area contributed by atoms with Crippen LogP contribution in [0.15, 0.2) is 58.7 Å². The molecule has 1 atom stereocenters. The van der Waals surface area contributed by atoms with Crippen molar-refractivity contribution in [3.63, 3.8) is 0 Å². The van der Waals surface area contributed by atoms with Crippen LogP contribution in [0.5, 0.6) is 5.75 Å². The second-order valence-corrected chi connectivity index (χ2v) is 7.04. The molecule has 11 heteroatoms. The summed E-state index contributed by atoms with van der Waals surface area (Å²) >= 11 is 0.976. The molecule has 0 radical (unpaired) electrons. The first kappa shape index (κ1) is 20.0. The molecule has 1 amide bonds. The number of non-ortho nitro benzene ring substituents is 1. The summed E-state index contributed by atoms with van der Waals surface area (Å²) < 4.78 is 0. The molecule has 1 aliphatic heterocycles. The molecular weight excluding hydrogens is 400 g/mol. The van der Waals surface area contributed by atoms with Crippen molar-refractivity contribution in [3.05, 3.63) is 64.2 Å². The first-order valence-electron chi connectivity index (χ1n) is 8.22. The standard InChI is InChI=1S/C18H14N4O6S/c23-14-7-5-12(6-8-14)21-17(26)15(9-16(24)25)29-18(21)20-19-10-11-1-3-13(4-2-11)22(27)28/h1-8,10,15,23H,9H2,(H,24,25)/b19-10-,20-18-/t15-/m0/s1. The quantitative estimate of drug-likeness (QED) is 0.420. The molecule has 0 saturated carbocycles. The van der Waals surface area contributed by atoms with Gasteiger partial charge in [-0.3, -0.25) is 24.6 Å². The highest BCUT2D eigenvalue weighted by Gasteiger charge is 2.40. The van der Waals surface area contributed by atoms with Crippen molar-refractivity contribution in [3.8, 4) is 5.75 Å². The molecule has 0 aromatic heterocycles. The van der Waals surface area contributed by atoms with E-state index < -0.39 is 22.0 Å². The zero-order valence-electron chi connectivity index (χ0n) is 14.7. The van der Waals surface area contributed by atoms with Gasteiger partial charge in [-0.15, -0.1) is 5.10 Å². The van der Waals surface area contributed by atoms with Crippen molar-refractivity contribution in [1.82, 2.24) is 0 Å². The normalized spacial score (nSPS) is 17.9. The Hall–Kier alpha value is -3.73. The Morgan fingerprint density at radius 1 is 1.21 bits per heavy atom. The zero-order chi connectivity index (χ0) is 21.0. The molecule has 0 unspecified atom stereocenters. The lowest BCUT2D eigenvalue weighted by Crippen LogP contribution is -2.32. The molecule has 3 rings (SSSR count). The van der Waals surface area contributed by atoms with Crippen LogP contribution in [0.25, 0.3) is 0 Å². The summed E-state index contributed by atoms with van der Waals surface area (Å²) in [6.07, 6.45) is 0.991. The van der Waals surface area contributed by atoms with Gasteiger partial charge in [-0.1, -0.05) is 11.8 Å². The van der Waals surface area contributed by atoms with Crippen molar-refractivity contribution >= 4 is 46.4 Å². The van der Waals surface area contributed by atoms with Crippen LogP contribution in [0.4, 0.5) is 11.4 Å². The predicted octanol–water partition coefficient (Wildman–Crippen LogP) is 2.61. The fourth-order valence-corrected chi connectivity index (χ4v) is 3.57. The molecule has 29 heavy (non-hydrogen) atoms. The number of benzene rings is 2. The van der Waals surface area contributed by atoms with E-state index in [9.17, 15) is 24.8 Å². The lowest BCUT2D eigenvalue weighted by molar-refractivity contribution is -0.384. The van der Waals surface area contributed by atoms with Gasteiger partial charge in [0, 0.05) is 12.1 Å². The highest BCUT2D eigenvalue weighted by atomic mass is 32.2. The summed E-state index contributed by atoms with van der Waals surface area (Å²) in [4.78, 5) is 35.1. The number of aromatic hydroxyl groups is 1. The lowest BCUT2D eigenvalue weighted by Gasteiger charge is -2.15. The summed E-state index contributed by atoms with van der Waals surface area (Å²) in [6, 6.07) is 11.5. The SMILES string of the molecule is O=C(O)C[C@@H]1S/C(=N\N=C/c2ccc([N+](=O)[O-])cc2)N(c2ccc(O)cc2)C1=O. The zero-order valence-corrected chi connectivity index (χ0v) is 15.5. The third-order valence-corrected chi connectivity index (χ3v) is 4.98. The molecule has 2 aromatic rings. The van der Waals surface area contributed by atoms with E-state index in [1.165, 1.54) is 59.6 Å². The second-order valence-electron chi connectivity index (χ2n) is 5.87. The first-order chi connectivity index (χ1) is 13.8. The maximum Gasteiger partial charge on any atom is 0.305 e. The number of carbonyl (C=O) groups is 2. The van der Waals surface area contributed by atoms with Crippen LogP contribution in [0, 0.1) is 10.1 Å². The Kier molecular flexibility index (Phi) is 5.88. The number of carboxylic acid groups (broad SMARTS) is 1. The molecule has 0 bridgehead atoms. The number of carboxylic acids is 1. The number of phenols is 1. The molecule has 1 fully saturated rings. The van der Waals surface area contributed by atoms with E-state index in [4.69, 9.17) is 5.11 Å². The number of nitro groups is 1. The topological polar surface area (TPSA) is 146 Å². The Morgan fingerprint density at radius 3 is 2.45 bits per heavy atom. The van der Waals surface area contributed by atoms with Crippen LogP contribution < -0.4 is 4.90 Å². The molecule has 10 nitrogen and oxygen atoms in total. The number of thioether (sulfide) groups is 1. The molecular formula is C18H14N4O6S. The van der Waals surface area contributed by atoms with Gasteiger partial charge in [-0.05, 0) is 42.0 Å². The average Bonchev–Trinajstić information content (AvgIpc) is 2.98. The number of carbonyl (C=O) groups excluding carboxylic acids is 1. The number of aliphatic carboxylic acids is 1. The number of hydrogen-bond acceptors (Lipinski definition) is 8. The molecule has 0 aliphatic carbocycles. The van der Waals surface area contributed by atoms with Crippen molar-refractivity contribution in [2.24, 2.45) is 10.2 Å². The fraction of sp³-hybridized carbons (Fsp3) is 0.111. The van der Waals surface area contributed by atoms with Gasteiger partial charge in [-0.2, -0.15) is 5.10 Å². The van der Waals surface area contributed by atoms with Gasteiger partial charge in [0.2, 0.25) is 5.91 Å². The van der Waals surface area contributed by atoms with E-state index in [2.05, 4.69) is 10.2 Å². The Labute approximate surface area is 168 Å². The largest absolute Gasteiger partial charge is 0.508 e. The van der Waals surface area contributed by atoms with Crippen LogP contribution in [-0.4, -0.2) is 43.6 Å². The van der Waals surface area contributed by atoms with E-state index in [1.54, 1.807) is 0 Å². The van der Waals surface area contributed by atoms with Crippen molar-refractivity contribution in [1.29, 1.82) is 0 Å². The van der Waals surface area contributed by atoms with Crippen molar-refractivity contribution < 1.29 is 24.7 Å². The molecule has 1 heterocycles. The lowest BCUT2D eigenvalue weighted by atomic mass is 10.2. The fourth-order valence-electron chi connectivity index (χ4n) is 2.49. The van der Waals surface area contributed by atoms with Gasteiger partial charge in [0.05, 0.1) is 23.2 Å². The number of nitrogens with zero attached hydrogens (tertiary/aromatic N) is 4. The van der Waals surface area contributed by atoms with Gasteiger partial charge in [0.15, 0.2) is 5.17 Å². The van der Waals surface area contributed by atoms with Crippen LogP contribution in [0.1, 0.15) is 12.0 Å². The minimum absolute atomic E-state index is 0.0183. The molecule has 2 aromatic carbocycles. The Balaban J connectivity index is 1.86. The Morgan fingerprint density at radius 2 is 1.86 bits per heavy atom. The number of amides is 1. The third-order valence-electron chi connectivity index (χ3n) is 3.86. The summed E-state index contributed by atoms with van der Waals surface area (Å²) in [5.41, 5.74) is 0.922. The smallest absolute Gasteiger partial charge is 0.305 e. The number of rotatable bonds is 6. The maximum absolute atomic E-state index is 12.7. The van der Waals surface area contributed by atoms with E-state index >= 15 is 0 Å². The van der Waals surface area contributed by atoms with Crippen LogP contribution >= 0.6 is 11.8 Å². The molecule has 1 saturated heterocycles. The van der Waals surface area contributed by atoms with E-state index in [-0.39, 0.29) is 23.0 Å². The maximum atomic E-state index is 12.7. The van der Waals surface area contributed by atoms with Gasteiger partial charge >= 0.3 is 5.97 Å². The number of nitro benzene ring substituents is 1. The highest BCUT2D eigenvalue weighted by Crippen LogP contribution is 2.34. The molecule has 148 valence electrons. The molecule has 1 aliphatic rings. The van der Waals surface area contributed by atoms with Gasteiger partial charge < -0.3 is 10.2 Å². The van der Waals surface area contributed by atoms with Crippen molar-refractivity contribution in [2.45, 2.75) is 11.7 Å². The van der Waals surface area contributed by atoms with E-state index in [0.717, 1.165) is 11.8 Å². The predicted molar refractivity (Wildman–Crippen MR) is 107 cm³/mol. The summed E-state index contributed by atoms with van der Waals surface area (Å²) in [7, 11) is 0. The second kappa shape index (κ2) is 8.52. The first-order valence-corrected chi connectivity index (χ1v) is 9.10. The van der Waals surface area contributed by atoms with Crippen molar-refractivity contribution in [2.75, 3.05) is 4.90 Å². The summed E-state index contributed by atoms with van der Waals surface area (Å²) in [5.74, 6) is -1.55. The van der Waals surface area contributed by atoms with E-state index in [0.29, 0.717) is 11.3 Å². The summed E-state index contributed by atoms with van der Waals surface area (Å²) in [6.45, 7) is 0. The van der Waals surface area contributed by atoms with Gasteiger partial charge in [0.1, 0.15) is 11.0 Å². The number of phenolic OH excluding ortho intramolecular Hbond substituents is 1. The minimum atomic E-state index is -1.11. The van der Waals surface area contributed by atoms with Crippen LogP contribution in [0.3, 0.4) is 0 Å². The van der Waals surface area contributed by atoms with Gasteiger partial charge in [-0.25, -0.2) is 0 Å². The Bertz CT molecular complexity index is 1000. The van der Waals surface area contributed by atoms with E-state index in [1.807, 2.05) is 0 Å². The van der Waals surface area contributed by atoms with Crippen LogP contribution in [0.2, 0.25) is 0 Å². The monoisotopic (exact) mass is 414 g/mol. The average molecular weight is 414 g/mol. The molecule has 0 spiro atoms.